The van der Waals surface area contributed by atoms with Crippen LogP contribution in [0.5, 0.6) is 17.2 Å². The van der Waals surface area contributed by atoms with Crippen LogP contribution in [0.3, 0.4) is 0 Å². The van der Waals surface area contributed by atoms with Gasteiger partial charge in [0.25, 0.3) is 5.91 Å². The maximum absolute atomic E-state index is 12.6. The number of rotatable bonds is 7. The molecule has 0 aliphatic carbocycles. The average Bonchev–Trinajstić information content (AvgIpc) is 2.66. The Morgan fingerprint density at radius 3 is 1.79 bits per heavy atom. The zero-order chi connectivity index (χ0) is 21.8. The van der Waals surface area contributed by atoms with E-state index in [4.69, 9.17) is 14.2 Å². The molecular formula is C20H26N2O6S. The summed E-state index contributed by atoms with van der Waals surface area (Å²) >= 11 is 0. The Morgan fingerprint density at radius 2 is 1.38 bits per heavy atom. The summed E-state index contributed by atoms with van der Waals surface area (Å²) in [5.41, 5.74) is 1.20. The fourth-order valence-corrected chi connectivity index (χ4v) is 3.11. The number of ether oxygens (including phenoxy) is 3. The molecule has 9 heteroatoms. The minimum atomic E-state index is -3.54. The molecule has 2 rings (SSSR count). The van der Waals surface area contributed by atoms with Crippen molar-refractivity contribution in [2.45, 2.75) is 25.5 Å². The zero-order valence-corrected chi connectivity index (χ0v) is 18.1. The monoisotopic (exact) mass is 422 g/mol. The molecule has 2 N–H and O–H groups in total. The van der Waals surface area contributed by atoms with E-state index in [9.17, 15) is 13.2 Å². The molecule has 0 unspecified atom stereocenters. The van der Waals surface area contributed by atoms with Gasteiger partial charge in [0.15, 0.2) is 11.5 Å². The highest BCUT2D eigenvalue weighted by Gasteiger charge is 2.28. The Morgan fingerprint density at radius 1 is 0.862 bits per heavy atom. The van der Waals surface area contributed by atoms with Crippen LogP contribution < -0.4 is 24.2 Å². The van der Waals surface area contributed by atoms with E-state index in [2.05, 4.69) is 10.0 Å². The maximum atomic E-state index is 12.6. The largest absolute Gasteiger partial charge is 0.493 e. The third-order valence-electron chi connectivity index (χ3n) is 4.13. The Kier molecular flexibility index (Phi) is 6.63. The molecule has 2 aromatic rings. The fraction of sp³-hybridized carbons (Fsp3) is 0.350. The van der Waals surface area contributed by atoms with E-state index >= 15 is 0 Å². The number of carbonyl (C=O) groups is 1. The molecule has 0 bridgehead atoms. The summed E-state index contributed by atoms with van der Waals surface area (Å²) in [5, 5.41) is 2.76. The summed E-state index contributed by atoms with van der Waals surface area (Å²) in [6, 6.07) is 9.37. The lowest BCUT2D eigenvalue weighted by atomic mass is 10.2. The molecule has 0 aliphatic heterocycles. The number of amides is 1. The minimum absolute atomic E-state index is 0.359. The average molecular weight is 423 g/mol. The van der Waals surface area contributed by atoms with Crippen LogP contribution >= 0.6 is 0 Å². The number of nitrogens with one attached hydrogen (secondary N) is 2. The number of hydrogen-bond donors (Lipinski definition) is 2. The first-order valence-corrected chi connectivity index (χ1v) is 10.2. The molecule has 0 atom stereocenters. The number of carbonyl (C=O) groups excluding carboxylic acids is 1. The molecule has 0 fully saturated rings. The lowest BCUT2D eigenvalue weighted by molar-refractivity contribution is 0.102. The van der Waals surface area contributed by atoms with E-state index in [1.54, 1.807) is 32.9 Å². The molecular weight excluding hydrogens is 396 g/mol. The van der Waals surface area contributed by atoms with Gasteiger partial charge in [-0.3, -0.25) is 9.52 Å². The van der Waals surface area contributed by atoms with Crippen molar-refractivity contribution in [3.63, 3.8) is 0 Å². The van der Waals surface area contributed by atoms with Crippen molar-refractivity contribution in [1.82, 2.24) is 0 Å². The van der Waals surface area contributed by atoms with Crippen LogP contribution in [0, 0.1) is 0 Å². The molecule has 0 aromatic heterocycles. The molecule has 8 nitrogen and oxygen atoms in total. The van der Waals surface area contributed by atoms with E-state index in [0.717, 1.165) is 0 Å². The van der Waals surface area contributed by atoms with E-state index in [1.165, 1.54) is 45.6 Å². The summed E-state index contributed by atoms with van der Waals surface area (Å²) in [7, 11) is 0.922. The summed E-state index contributed by atoms with van der Waals surface area (Å²) in [5.74, 6) is 0.871. The Labute approximate surface area is 171 Å². The third-order valence-corrected chi connectivity index (χ3v) is 6.24. The summed E-state index contributed by atoms with van der Waals surface area (Å²) in [6.07, 6.45) is 0. The number of benzene rings is 2. The Balaban J connectivity index is 2.20. The van der Waals surface area contributed by atoms with Gasteiger partial charge in [-0.15, -0.1) is 0 Å². The molecule has 0 heterocycles. The smallest absolute Gasteiger partial charge is 0.255 e. The van der Waals surface area contributed by atoms with Crippen molar-refractivity contribution < 1.29 is 27.4 Å². The Hall–Kier alpha value is -2.94. The quantitative estimate of drug-likeness (QED) is 0.708. The van der Waals surface area contributed by atoms with E-state index < -0.39 is 14.8 Å². The summed E-state index contributed by atoms with van der Waals surface area (Å²) in [4.78, 5) is 12.6. The van der Waals surface area contributed by atoms with Crippen LogP contribution in [0.1, 0.15) is 31.1 Å². The van der Waals surface area contributed by atoms with Gasteiger partial charge in [0.1, 0.15) is 0 Å². The highest BCUT2D eigenvalue weighted by molar-refractivity contribution is 7.94. The van der Waals surface area contributed by atoms with Gasteiger partial charge in [0.2, 0.25) is 15.8 Å². The SMILES string of the molecule is COc1cc(NC(=O)c2ccc(NS(=O)(=O)C(C)(C)C)cc2)cc(OC)c1OC. The highest BCUT2D eigenvalue weighted by Crippen LogP contribution is 2.40. The maximum Gasteiger partial charge on any atom is 0.255 e. The van der Waals surface area contributed by atoms with Gasteiger partial charge >= 0.3 is 0 Å². The summed E-state index contributed by atoms with van der Waals surface area (Å²) < 4.78 is 41.8. The minimum Gasteiger partial charge on any atom is -0.493 e. The van der Waals surface area contributed by atoms with Gasteiger partial charge in [-0.1, -0.05) is 0 Å². The molecule has 29 heavy (non-hydrogen) atoms. The second kappa shape index (κ2) is 8.60. The van der Waals surface area contributed by atoms with Gasteiger partial charge in [0, 0.05) is 29.1 Å². The molecule has 158 valence electrons. The number of hydrogen-bond acceptors (Lipinski definition) is 6. The standard InChI is InChI=1S/C20H26N2O6S/c1-20(2,3)29(24,25)22-14-9-7-13(8-10-14)19(23)21-15-11-16(26-4)18(28-6)17(12-15)27-5/h7-12,22H,1-6H3,(H,21,23). The van der Waals surface area contributed by atoms with Crippen LogP contribution in [0.4, 0.5) is 11.4 Å². The second-order valence-electron chi connectivity index (χ2n) is 7.16. The lowest BCUT2D eigenvalue weighted by Gasteiger charge is -2.20. The van der Waals surface area contributed by atoms with Crippen molar-refractivity contribution in [3.05, 3.63) is 42.0 Å². The van der Waals surface area contributed by atoms with Crippen molar-refractivity contribution in [2.24, 2.45) is 0 Å². The molecule has 0 spiro atoms. The molecule has 0 saturated heterocycles. The van der Waals surface area contributed by atoms with Crippen LogP contribution in [-0.2, 0) is 10.0 Å². The Bertz CT molecular complexity index is 954. The third kappa shape index (κ3) is 5.11. The summed E-state index contributed by atoms with van der Waals surface area (Å²) in [6.45, 7) is 4.82. The molecule has 0 saturated carbocycles. The topological polar surface area (TPSA) is 103 Å². The number of methoxy groups -OCH3 is 3. The van der Waals surface area contributed by atoms with Crippen molar-refractivity contribution in [2.75, 3.05) is 31.4 Å². The predicted molar refractivity (Wildman–Crippen MR) is 113 cm³/mol. The highest BCUT2D eigenvalue weighted by atomic mass is 32.2. The van der Waals surface area contributed by atoms with Gasteiger partial charge < -0.3 is 19.5 Å². The molecule has 2 aromatic carbocycles. The van der Waals surface area contributed by atoms with Crippen molar-refractivity contribution >= 4 is 27.3 Å². The first kappa shape index (κ1) is 22.4. The van der Waals surface area contributed by atoms with Crippen LogP contribution in [0.25, 0.3) is 0 Å². The number of sulfonamides is 1. The van der Waals surface area contributed by atoms with Crippen molar-refractivity contribution in [3.8, 4) is 17.2 Å². The molecule has 1 amide bonds. The van der Waals surface area contributed by atoms with Crippen LogP contribution in [-0.4, -0.2) is 40.4 Å². The van der Waals surface area contributed by atoms with Gasteiger partial charge in [-0.05, 0) is 45.0 Å². The van der Waals surface area contributed by atoms with Crippen molar-refractivity contribution in [1.29, 1.82) is 0 Å². The zero-order valence-electron chi connectivity index (χ0n) is 17.3. The first-order chi connectivity index (χ1) is 13.5. The van der Waals surface area contributed by atoms with E-state index in [-0.39, 0.29) is 5.91 Å². The predicted octanol–water partition coefficient (Wildman–Crippen LogP) is 3.50. The van der Waals surface area contributed by atoms with Gasteiger partial charge in [-0.25, -0.2) is 8.42 Å². The van der Waals surface area contributed by atoms with Crippen LogP contribution in [0.2, 0.25) is 0 Å². The van der Waals surface area contributed by atoms with E-state index in [1.807, 2.05) is 0 Å². The first-order valence-electron chi connectivity index (χ1n) is 8.76. The lowest BCUT2D eigenvalue weighted by Crippen LogP contribution is -2.33. The normalized spacial score (nSPS) is 11.5. The van der Waals surface area contributed by atoms with Gasteiger partial charge in [0.05, 0.1) is 26.1 Å². The molecule has 0 aliphatic rings. The molecule has 0 radical (unpaired) electrons. The van der Waals surface area contributed by atoms with E-state index in [0.29, 0.717) is 34.2 Å². The second-order valence-corrected chi connectivity index (χ2v) is 9.60. The number of anilines is 2. The van der Waals surface area contributed by atoms with Gasteiger partial charge in [-0.2, -0.15) is 0 Å². The fourth-order valence-electron chi connectivity index (χ4n) is 2.35. The van der Waals surface area contributed by atoms with Crippen LogP contribution in [0.15, 0.2) is 36.4 Å².